The molecule has 25 heavy (non-hydrogen) atoms. The van der Waals surface area contributed by atoms with Crippen molar-refractivity contribution in [3.63, 3.8) is 0 Å². The smallest absolute Gasteiger partial charge is 0.0636 e. The van der Waals surface area contributed by atoms with Crippen molar-refractivity contribution in [1.29, 1.82) is 0 Å². The lowest BCUT2D eigenvalue weighted by atomic mass is 10.1. The van der Waals surface area contributed by atoms with Gasteiger partial charge >= 0.3 is 0 Å². The van der Waals surface area contributed by atoms with Crippen LogP contribution in [0.25, 0.3) is 39.7 Å². The van der Waals surface area contributed by atoms with Crippen LogP contribution < -0.4 is 0 Å². The highest BCUT2D eigenvalue weighted by atomic mass is 32.1. The topological polar surface area (TPSA) is 0 Å². The fourth-order valence-corrected chi connectivity index (χ4v) is 7.09. The number of hydrogen-bond acceptors (Lipinski definition) is 3. The third kappa shape index (κ3) is 2.63. The van der Waals surface area contributed by atoms with E-state index in [4.69, 9.17) is 0 Å². The number of rotatable bonds is 2. The summed E-state index contributed by atoms with van der Waals surface area (Å²) in [6, 6.07) is 22.4. The first-order valence-electron chi connectivity index (χ1n) is 8.27. The number of benzene rings is 2. The van der Waals surface area contributed by atoms with Gasteiger partial charge in [-0.3, -0.25) is 0 Å². The van der Waals surface area contributed by atoms with Crippen LogP contribution in [-0.4, -0.2) is 0 Å². The zero-order chi connectivity index (χ0) is 17.0. The highest BCUT2D eigenvalue weighted by Crippen LogP contribution is 2.47. The van der Waals surface area contributed by atoms with Crippen LogP contribution in [-0.2, 0) is 0 Å². The van der Waals surface area contributed by atoms with E-state index < -0.39 is 0 Å². The van der Waals surface area contributed by atoms with Crippen LogP contribution in [0.2, 0.25) is 0 Å². The molecule has 5 aromatic rings. The van der Waals surface area contributed by atoms with Crippen molar-refractivity contribution < 1.29 is 0 Å². The summed E-state index contributed by atoms with van der Waals surface area (Å²) in [5.74, 6) is 0. The predicted octanol–water partition coefficient (Wildman–Crippen LogP) is 8.13. The van der Waals surface area contributed by atoms with Gasteiger partial charge in [0.2, 0.25) is 0 Å². The first kappa shape index (κ1) is 15.3. The lowest BCUT2D eigenvalue weighted by molar-refractivity contribution is 1.48. The Morgan fingerprint density at radius 3 is 1.32 bits per heavy atom. The van der Waals surface area contributed by atoms with E-state index in [1.807, 2.05) is 34.0 Å². The Kier molecular flexibility index (Phi) is 3.56. The van der Waals surface area contributed by atoms with E-state index >= 15 is 0 Å². The van der Waals surface area contributed by atoms with Crippen molar-refractivity contribution in [1.82, 2.24) is 0 Å². The third-order valence-corrected chi connectivity index (χ3v) is 8.37. The predicted molar refractivity (Wildman–Crippen MR) is 115 cm³/mol. The summed E-state index contributed by atoms with van der Waals surface area (Å²) in [7, 11) is 0. The van der Waals surface area contributed by atoms with Crippen LogP contribution in [0, 0.1) is 13.8 Å². The Morgan fingerprint density at radius 1 is 0.520 bits per heavy atom. The Bertz CT molecular complexity index is 1090. The maximum absolute atomic E-state index is 2.35. The maximum Gasteiger partial charge on any atom is 0.0636 e. The fraction of sp³-hybridized carbons (Fsp3) is 0.0909. The molecule has 0 fully saturated rings. The molecule has 0 spiro atoms. The first-order chi connectivity index (χ1) is 12.2. The van der Waals surface area contributed by atoms with E-state index in [1.54, 1.807) is 0 Å². The molecule has 0 radical (unpaired) electrons. The molecule has 3 heterocycles. The van der Waals surface area contributed by atoms with Gasteiger partial charge in [0.15, 0.2) is 0 Å². The first-order valence-corrected chi connectivity index (χ1v) is 10.7. The van der Waals surface area contributed by atoms with Crippen molar-refractivity contribution in [2.75, 3.05) is 0 Å². The Labute approximate surface area is 159 Å². The molecule has 0 bridgehead atoms. The summed E-state index contributed by atoms with van der Waals surface area (Å²) in [4.78, 5) is 2.74. The highest BCUT2D eigenvalue weighted by molar-refractivity contribution is 7.40. The average molecular weight is 377 g/mol. The second-order valence-electron chi connectivity index (χ2n) is 6.44. The second kappa shape index (κ2) is 5.80. The molecule has 0 saturated heterocycles. The van der Waals surface area contributed by atoms with Gasteiger partial charge in [-0.2, -0.15) is 0 Å². The summed E-state index contributed by atoms with van der Waals surface area (Å²) >= 11 is 5.77. The van der Waals surface area contributed by atoms with E-state index in [1.165, 1.54) is 50.8 Å². The Hall–Kier alpha value is -1.94. The maximum atomic E-state index is 2.35. The molecule has 5 rings (SSSR count). The molecule has 0 amide bonds. The average Bonchev–Trinajstić information content (AvgIpc) is 3.26. The summed E-state index contributed by atoms with van der Waals surface area (Å²) in [6.45, 7) is 4.27. The van der Waals surface area contributed by atoms with Gasteiger partial charge in [0.1, 0.15) is 0 Å². The van der Waals surface area contributed by atoms with Crippen molar-refractivity contribution in [3.8, 4) is 20.9 Å². The van der Waals surface area contributed by atoms with E-state index in [-0.39, 0.29) is 0 Å². The van der Waals surface area contributed by atoms with Gasteiger partial charge in [-0.05, 0) is 37.1 Å². The van der Waals surface area contributed by atoms with E-state index in [0.29, 0.717) is 0 Å². The zero-order valence-corrected chi connectivity index (χ0v) is 16.4. The van der Waals surface area contributed by atoms with Gasteiger partial charge in [0.05, 0.1) is 9.40 Å². The normalized spacial score (nSPS) is 11.6. The van der Waals surface area contributed by atoms with Crippen LogP contribution >= 0.6 is 34.0 Å². The van der Waals surface area contributed by atoms with Crippen LogP contribution in [0.5, 0.6) is 0 Å². The van der Waals surface area contributed by atoms with Crippen molar-refractivity contribution in [2.45, 2.75) is 13.8 Å². The molecule has 122 valence electrons. The van der Waals surface area contributed by atoms with E-state index in [0.717, 1.165) is 0 Å². The minimum Gasteiger partial charge on any atom is -0.133 e. The molecule has 2 aromatic carbocycles. The van der Waals surface area contributed by atoms with Crippen molar-refractivity contribution in [3.05, 3.63) is 71.8 Å². The summed E-state index contributed by atoms with van der Waals surface area (Å²) < 4.78 is 5.72. The molecule has 0 saturated carbocycles. The number of aryl methyl sites for hydroxylation is 2. The molecular weight excluding hydrogens is 360 g/mol. The van der Waals surface area contributed by atoms with Gasteiger partial charge in [-0.25, -0.2) is 0 Å². The molecule has 0 aliphatic rings. The van der Waals surface area contributed by atoms with Gasteiger partial charge in [-0.15, -0.1) is 34.0 Å². The molecule has 0 nitrogen and oxygen atoms in total. The fourth-order valence-electron chi connectivity index (χ4n) is 3.06. The lowest BCUT2D eigenvalue weighted by Gasteiger charge is -1.97. The van der Waals surface area contributed by atoms with E-state index in [9.17, 15) is 0 Å². The summed E-state index contributed by atoms with van der Waals surface area (Å²) in [5, 5.41) is 0. The third-order valence-electron chi connectivity index (χ3n) is 4.49. The Morgan fingerprint density at radius 2 is 0.920 bits per heavy atom. The standard InChI is InChI=1S/C22H16S3/c1-13-3-7-15(8-4-13)17-11-19-21(24-17)22-20(23-19)12-18(25-22)16-9-5-14(2)6-10-16/h3-12H,1-2H3. The minimum absolute atomic E-state index is 1.31. The van der Waals surface area contributed by atoms with Gasteiger partial charge in [-0.1, -0.05) is 59.7 Å². The van der Waals surface area contributed by atoms with Crippen LogP contribution in [0.1, 0.15) is 11.1 Å². The summed E-state index contributed by atoms with van der Waals surface area (Å²) in [6.07, 6.45) is 0. The van der Waals surface area contributed by atoms with Crippen LogP contribution in [0.3, 0.4) is 0 Å². The molecule has 0 N–H and O–H groups in total. The molecule has 0 aliphatic heterocycles. The second-order valence-corrected chi connectivity index (χ2v) is 9.63. The van der Waals surface area contributed by atoms with Gasteiger partial charge < -0.3 is 0 Å². The zero-order valence-electron chi connectivity index (χ0n) is 14.0. The summed E-state index contributed by atoms with van der Waals surface area (Å²) in [5.41, 5.74) is 5.26. The van der Waals surface area contributed by atoms with Gasteiger partial charge in [0, 0.05) is 19.2 Å². The SMILES string of the molecule is Cc1ccc(-c2cc3sc4cc(-c5ccc(C)cc5)sc4c3s2)cc1. The van der Waals surface area contributed by atoms with Crippen LogP contribution in [0.15, 0.2) is 60.7 Å². The van der Waals surface area contributed by atoms with Gasteiger partial charge in [0.25, 0.3) is 0 Å². The number of thiophene rings is 3. The highest BCUT2D eigenvalue weighted by Gasteiger charge is 2.14. The molecule has 0 unspecified atom stereocenters. The largest absolute Gasteiger partial charge is 0.133 e. The molecule has 0 aliphatic carbocycles. The lowest BCUT2D eigenvalue weighted by Crippen LogP contribution is -1.73. The minimum atomic E-state index is 1.31. The van der Waals surface area contributed by atoms with E-state index in [2.05, 4.69) is 74.5 Å². The number of hydrogen-bond donors (Lipinski definition) is 0. The monoisotopic (exact) mass is 376 g/mol. The quantitative estimate of drug-likeness (QED) is 0.292. The van der Waals surface area contributed by atoms with Crippen molar-refractivity contribution >= 4 is 52.8 Å². The van der Waals surface area contributed by atoms with Crippen molar-refractivity contribution in [2.24, 2.45) is 0 Å². The molecule has 3 aromatic heterocycles. The number of fused-ring (bicyclic) bond motifs is 3. The molecule has 0 atom stereocenters. The molecule has 3 heteroatoms. The van der Waals surface area contributed by atoms with Crippen LogP contribution in [0.4, 0.5) is 0 Å². The Balaban J connectivity index is 1.62. The molecular formula is C22H16S3.